The van der Waals surface area contributed by atoms with Crippen LogP contribution in [0.3, 0.4) is 0 Å². The third-order valence-electron chi connectivity index (χ3n) is 7.25. The zero-order valence-corrected chi connectivity index (χ0v) is 20.8. The van der Waals surface area contributed by atoms with E-state index in [4.69, 9.17) is 4.74 Å². The Morgan fingerprint density at radius 1 is 1.24 bits per heavy atom. The minimum Gasteiger partial charge on any atom is -0.439 e. The molecule has 9 heteroatoms. The molecule has 3 N–H and O–H groups in total. The molecule has 33 heavy (non-hydrogen) atoms. The number of hydrogen-bond acceptors (Lipinski definition) is 5. The summed E-state index contributed by atoms with van der Waals surface area (Å²) in [6.45, 7) is 3.77. The van der Waals surface area contributed by atoms with Crippen molar-refractivity contribution in [1.82, 2.24) is 15.1 Å². The zero-order valence-electron chi connectivity index (χ0n) is 20.0. The number of amides is 2. The number of nitrogens with zero attached hydrogens (tertiary/aromatic N) is 2. The molecule has 1 aromatic heterocycles. The molecule has 2 aliphatic rings. The summed E-state index contributed by atoms with van der Waals surface area (Å²) in [4.78, 5) is 28.0. The number of benzene rings is 1. The van der Waals surface area contributed by atoms with Gasteiger partial charge in [-0.2, -0.15) is 5.10 Å². The number of ether oxygens (including phenoxy) is 1. The number of aliphatic hydroxyl groups excluding tert-OH is 1. The van der Waals surface area contributed by atoms with Gasteiger partial charge in [-0.05, 0) is 57.4 Å². The van der Waals surface area contributed by atoms with Gasteiger partial charge in [0.2, 0.25) is 5.91 Å². The largest absolute Gasteiger partial charge is 0.439 e. The molecule has 0 radical (unpaired) electrons. The molecule has 0 saturated heterocycles. The Kier molecular flexibility index (Phi) is 5.99. The lowest BCUT2D eigenvalue weighted by molar-refractivity contribution is -0.120. The standard InChI is InChI=1S/C24H34N4O4S/c1-23(2)19-17(14-28(23)22(31)32-18(15-29)16-10-7-6-8-11-16)20(27-26-19)25-21(30)24(12-9-13-24)33(3,4)5/h6-8,10-11,18,29H,9,12-15H2,1-5H3,(H2,25,26,27,30). The minimum atomic E-state index is -1.09. The van der Waals surface area contributed by atoms with Crippen LogP contribution in [-0.2, 0) is 21.6 Å². The van der Waals surface area contributed by atoms with E-state index >= 15 is 0 Å². The number of aromatic amines is 1. The van der Waals surface area contributed by atoms with Crippen molar-refractivity contribution >= 4 is 27.8 Å². The number of carbonyl (C=O) groups excluding carboxylic acids is 2. The second-order valence-electron chi connectivity index (χ2n) is 10.2. The Bertz CT molecular complexity index is 1040. The van der Waals surface area contributed by atoms with Crippen molar-refractivity contribution in [3.63, 3.8) is 0 Å². The van der Waals surface area contributed by atoms with Gasteiger partial charge in [0.1, 0.15) is 0 Å². The second-order valence-corrected chi connectivity index (χ2v) is 14.6. The molecule has 2 heterocycles. The van der Waals surface area contributed by atoms with E-state index in [9.17, 15) is 14.7 Å². The van der Waals surface area contributed by atoms with Crippen molar-refractivity contribution < 1.29 is 19.4 Å². The van der Waals surface area contributed by atoms with E-state index in [0.29, 0.717) is 5.82 Å². The van der Waals surface area contributed by atoms with E-state index in [1.807, 2.05) is 44.2 Å². The predicted molar refractivity (Wildman–Crippen MR) is 130 cm³/mol. The number of rotatable bonds is 6. The zero-order chi connectivity index (χ0) is 24.0. The van der Waals surface area contributed by atoms with Crippen molar-refractivity contribution in [3.05, 3.63) is 47.2 Å². The number of aliphatic hydroxyl groups is 1. The maximum Gasteiger partial charge on any atom is 0.411 e. The molecule has 0 spiro atoms. The van der Waals surface area contributed by atoms with Crippen molar-refractivity contribution in [2.24, 2.45) is 0 Å². The Labute approximate surface area is 196 Å². The molecule has 8 nitrogen and oxygen atoms in total. The van der Waals surface area contributed by atoms with Crippen LogP contribution in [-0.4, -0.2) is 62.3 Å². The number of fused-ring (bicyclic) bond motifs is 1. The van der Waals surface area contributed by atoms with E-state index in [2.05, 4.69) is 34.3 Å². The fourth-order valence-electron chi connectivity index (χ4n) is 4.81. The highest BCUT2D eigenvalue weighted by molar-refractivity contribution is 8.33. The highest BCUT2D eigenvalue weighted by Crippen LogP contribution is 2.60. The molecule has 180 valence electrons. The molecular weight excluding hydrogens is 440 g/mol. The Morgan fingerprint density at radius 3 is 2.45 bits per heavy atom. The summed E-state index contributed by atoms with van der Waals surface area (Å²) in [7, 11) is -1.09. The highest BCUT2D eigenvalue weighted by Gasteiger charge is 2.51. The normalized spacial score (nSPS) is 19.9. The maximum absolute atomic E-state index is 13.3. The van der Waals surface area contributed by atoms with Crippen LogP contribution in [0.4, 0.5) is 10.6 Å². The summed E-state index contributed by atoms with van der Waals surface area (Å²) < 4.78 is 5.35. The van der Waals surface area contributed by atoms with Gasteiger partial charge in [-0.15, -0.1) is 0 Å². The molecule has 1 atom stereocenters. The molecule has 1 fully saturated rings. The first-order valence-corrected chi connectivity index (χ1v) is 14.1. The first kappa shape index (κ1) is 23.6. The maximum atomic E-state index is 13.3. The van der Waals surface area contributed by atoms with Gasteiger partial charge in [0.25, 0.3) is 0 Å². The van der Waals surface area contributed by atoms with Gasteiger partial charge in [0, 0.05) is 5.56 Å². The van der Waals surface area contributed by atoms with Crippen LogP contribution < -0.4 is 5.32 Å². The molecule has 2 aromatic rings. The molecule has 1 aliphatic carbocycles. The smallest absolute Gasteiger partial charge is 0.411 e. The van der Waals surface area contributed by atoms with E-state index in [1.165, 1.54) is 0 Å². The number of hydrogen-bond donors (Lipinski definition) is 3. The Hall–Kier alpha value is -2.52. The van der Waals surface area contributed by atoms with Crippen LogP contribution in [0.15, 0.2) is 30.3 Å². The molecule has 4 rings (SSSR count). The molecule has 2 amide bonds. The minimum absolute atomic E-state index is 0.0220. The number of anilines is 1. The summed E-state index contributed by atoms with van der Waals surface area (Å²) in [6, 6.07) is 9.18. The third-order valence-corrected chi connectivity index (χ3v) is 10.2. The summed E-state index contributed by atoms with van der Waals surface area (Å²) in [5, 5.41) is 20.3. The van der Waals surface area contributed by atoms with Crippen molar-refractivity contribution in [3.8, 4) is 0 Å². The Balaban J connectivity index is 1.52. The van der Waals surface area contributed by atoms with Gasteiger partial charge in [0.15, 0.2) is 11.9 Å². The number of aromatic nitrogens is 2. The summed E-state index contributed by atoms with van der Waals surface area (Å²) >= 11 is 0. The number of H-pyrrole nitrogens is 1. The molecule has 0 bridgehead atoms. The summed E-state index contributed by atoms with van der Waals surface area (Å²) in [5.41, 5.74) is 1.60. The van der Waals surface area contributed by atoms with Crippen LogP contribution >= 0.6 is 10.0 Å². The number of carbonyl (C=O) groups is 2. The average Bonchev–Trinajstić information content (AvgIpc) is 3.23. The van der Waals surface area contributed by atoms with Gasteiger partial charge >= 0.3 is 6.09 Å². The molecule has 1 unspecified atom stereocenters. The quantitative estimate of drug-likeness (QED) is 0.589. The van der Waals surface area contributed by atoms with E-state index in [0.717, 1.165) is 36.1 Å². The van der Waals surface area contributed by atoms with E-state index in [-0.39, 0.29) is 23.8 Å². The second kappa shape index (κ2) is 8.36. The Morgan fingerprint density at radius 2 is 1.91 bits per heavy atom. The predicted octanol–water partition coefficient (Wildman–Crippen LogP) is 3.89. The molecule has 1 aromatic carbocycles. The van der Waals surface area contributed by atoms with Crippen LogP contribution in [0.25, 0.3) is 0 Å². The highest BCUT2D eigenvalue weighted by atomic mass is 32.3. The van der Waals surface area contributed by atoms with Crippen LogP contribution in [0.2, 0.25) is 0 Å². The SMILES string of the molecule is CC1(C)c2[nH]nc(NC(=O)C3(S(C)(C)C)CCC3)c2CN1C(=O)OC(CO)c1ccccc1. The fourth-order valence-corrected chi connectivity index (χ4v) is 6.93. The molecule has 1 aliphatic heterocycles. The molecular formula is C24H34N4O4S. The van der Waals surface area contributed by atoms with Gasteiger partial charge < -0.3 is 15.2 Å². The topological polar surface area (TPSA) is 108 Å². The molecule has 1 saturated carbocycles. The monoisotopic (exact) mass is 474 g/mol. The van der Waals surface area contributed by atoms with Crippen molar-refractivity contribution in [2.45, 2.75) is 56.0 Å². The fraction of sp³-hybridized carbons (Fsp3) is 0.542. The lowest BCUT2D eigenvalue weighted by Gasteiger charge is -2.53. The van der Waals surface area contributed by atoms with Gasteiger partial charge in [-0.1, -0.05) is 30.3 Å². The van der Waals surface area contributed by atoms with Crippen molar-refractivity contribution in [2.75, 3.05) is 30.7 Å². The van der Waals surface area contributed by atoms with Gasteiger partial charge in [-0.3, -0.25) is 14.8 Å². The average molecular weight is 475 g/mol. The summed E-state index contributed by atoms with van der Waals surface area (Å²) in [6.07, 6.45) is 8.14. The van der Waals surface area contributed by atoms with Gasteiger partial charge in [-0.25, -0.2) is 14.8 Å². The first-order valence-electron chi connectivity index (χ1n) is 11.2. The van der Waals surface area contributed by atoms with Crippen LogP contribution in [0.5, 0.6) is 0 Å². The van der Waals surface area contributed by atoms with E-state index < -0.39 is 27.8 Å². The van der Waals surface area contributed by atoms with Crippen molar-refractivity contribution in [1.29, 1.82) is 0 Å². The third kappa shape index (κ3) is 3.91. The lowest BCUT2D eigenvalue weighted by atomic mass is 9.83. The first-order chi connectivity index (χ1) is 15.5. The van der Waals surface area contributed by atoms with Crippen LogP contribution in [0.1, 0.15) is 56.0 Å². The lowest BCUT2D eigenvalue weighted by Crippen LogP contribution is -2.51. The number of nitrogens with one attached hydrogen (secondary N) is 2. The summed E-state index contributed by atoms with van der Waals surface area (Å²) in [5.74, 6) is 0.504. The van der Waals surface area contributed by atoms with Gasteiger partial charge in [0.05, 0.1) is 29.1 Å². The van der Waals surface area contributed by atoms with E-state index in [1.54, 1.807) is 4.90 Å². The van der Waals surface area contributed by atoms with Crippen LogP contribution in [0, 0.1) is 0 Å².